The van der Waals surface area contributed by atoms with Crippen LogP contribution in [0.1, 0.15) is 40.2 Å². The van der Waals surface area contributed by atoms with Gasteiger partial charge >= 0.3 is 0 Å². The Morgan fingerprint density at radius 1 is 1.04 bits per heavy atom. The van der Waals surface area contributed by atoms with Gasteiger partial charge in [0.2, 0.25) is 0 Å². The normalized spacial score (nSPS) is 16.5. The Morgan fingerprint density at radius 2 is 1.88 bits per heavy atom. The topological polar surface area (TPSA) is 23.8 Å². The predicted octanol–water partition coefficient (Wildman–Crippen LogP) is 5.57. The van der Waals surface area contributed by atoms with E-state index in [1.54, 1.807) is 6.07 Å². The van der Waals surface area contributed by atoms with Crippen molar-refractivity contribution in [3.05, 3.63) is 81.9 Å². The zero-order chi connectivity index (χ0) is 17.6. The van der Waals surface area contributed by atoms with Crippen LogP contribution in [-0.2, 0) is 12.8 Å². The van der Waals surface area contributed by atoms with Crippen molar-refractivity contribution >= 4 is 10.8 Å². The summed E-state index contributed by atoms with van der Waals surface area (Å²) in [7, 11) is 0. The van der Waals surface area contributed by atoms with E-state index in [1.807, 2.05) is 43.3 Å². The predicted molar refractivity (Wildman–Crippen MR) is 94.5 cm³/mol. The molecule has 0 saturated heterocycles. The summed E-state index contributed by atoms with van der Waals surface area (Å²) in [6.07, 6.45) is 2.14. The average Bonchev–Trinajstić information content (AvgIpc) is 2.61. The highest BCUT2D eigenvalue weighted by Crippen LogP contribution is 2.36. The van der Waals surface area contributed by atoms with Crippen molar-refractivity contribution in [2.24, 2.45) is 0 Å². The molecule has 0 N–H and O–H groups in total. The molecular weight excluding hydrogens is 316 g/mol. The van der Waals surface area contributed by atoms with Crippen molar-refractivity contribution in [3.8, 4) is 6.07 Å². The Kier molecular flexibility index (Phi) is 3.77. The fraction of sp³-hybridized carbons (Fsp3) is 0.227. The Balaban J connectivity index is 1.73. The number of halogens is 2. The van der Waals surface area contributed by atoms with Gasteiger partial charge in [0, 0.05) is 5.39 Å². The van der Waals surface area contributed by atoms with Gasteiger partial charge in [-0.2, -0.15) is 5.26 Å². The van der Waals surface area contributed by atoms with E-state index in [2.05, 4.69) is 0 Å². The third-order valence-corrected chi connectivity index (χ3v) is 5.22. The lowest BCUT2D eigenvalue weighted by Crippen LogP contribution is -2.15. The van der Waals surface area contributed by atoms with Gasteiger partial charge in [-0.05, 0) is 66.3 Å². The number of nitriles is 1. The van der Waals surface area contributed by atoms with Crippen molar-refractivity contribution in [2.45, 2.75) is 32.1 Å². The van der Waals surface area contributed by atoms with Crippen molar-refractivity contribution in [1.82, 2.24) is 0 Å². The largest absolute Gasteiger partial charge is 0.206 e. The number of aryl methyl sites for hydroxylation is 2. The van der Waals surface area contributed by atoms with Gasteiger partial charge in [0.15, 0.2) is 0 Å². The summed E-state index contributed by atoms with van der Waals surface area (Å²) in [5, 5.41) is 10.5. The minimum atomic E-state index is -0.489. The highest BCUT2D eigenvalue weighted by Gasteiger charge is 2.24. The van der Waals surface area contributed by atoms with E-state index in [-0.39, 0.29) is 17.3 Å². The molecule has 4 rings (SSSR count). The number of fused-ring (bicyclic) bond motifs is 2. The SMILES string of the molecule is Cc1ccc2c(F)c(C3CCc4cc(C#N)c(F)cc4C3)ccc2c1. The van der Waals surface area contributed by atoms with Gasteiger partial charge < -0.3 is 0 Å². The van der Waals surface area contributed by atoms with Crippen molar-refractivity contribution in [2.75, 3.05) is 0 Å². The van der Waals surface area contributed by atoms with Crippen molar-refractivity contribution in [3.63, 3.8) is 0 Å². The molecule has 0 saturated carbocycles. The van der Waals surface area contributed by atoms with Crippen molar-refractivity contribution < 1.29 is 8.78 Å². The molecule has 1 nitrogen and oxygen atoms in total. The molecule has 0 heterocycles. The maximum atomic E-state index is 15.0. The van der Waals surface area contributed by atoms with E-state index in [1.165, 1.54) is 6.07 Å². The van der Waals surface area contributed by atoms with Gasteiger partial charge in [-0.15, -0.1) is 0 Å². The maximum absolute atomic E-state index is 15.0. The van der Waals surface area contributed by atoms with Crippen molar-refractivity contribution in [1.29, 1.82) is 5.26 Å². The first-order valence-electron chi connectivity index (χ1n) is 8.47. The highest BCUT2D eigenvalue weighted by atomic mass is 19.1. The molecule has 0 amide bonds. The van der Waals surface area contributed by atoms with E-state index in [9.17, 15) is 4.39 Å². The van der Waals surface area contributed by atoms with E-state index in [0.717, 1.165) is 34.9 Å². The second-order valence-corrected chi connectivity index (χ2v) is 6.85. The number of nitrogens with zero attached hydrogens (tertiary/aromatic N) is 1. The summed E-state index contributed by atoms with van der Waals surface area (Å²) < 4.78 is 29.0. The van der Waals surface area contributed by atoms with Gasteiger partial charge in [-0.1, -0.05) is 35.9 Å². The Labute approximate surface area is 145 Å². The molecule has 0 bridgehead atoms. The monoisotopic (exact) mass is 333 g/mol. The number of hydrogen-bond acceptors (Lipinski definition) is 1. The molecule has 124 valence electrons. The lowest BCUT2D eigenvalue weighted by molar-refractivity contribution is 0.535. The van der Waals surface area contributed by atoms with E-state index < -0.39 is 5.82 Å². The maximum Gasteiger partial charge on any atom is 0.141 e. The fourth-order valence-electron chi connectivity index (χ4n) is 3.87. The Bertz CT molecular complexity index is 1030. The van der Waals surface area contributed by atoms with Gasteiger partial charge in [0.25, 0.3) is 0 Å². The molecular formula is C22H17F2N. The quantitative estimate of drug-likeness (QED) is 0.571. The molecule has 0 spiro atoms. The molecule has 0 radical (unpaired) electrons. The molecule has 1 unspecified atom stereocenters. The van der Waals surface area contributed by atoms with Crippen LogP contribution in [0.4, 0.5) is 8.78 Å². The zero-order valence-electron chi connectivity index (χ0n) is 13.9. The summed E-state index contributed by atoms with van der Waals surface area (Å²) in [5.41, 5.74) is 3.79. The van der Waals surface area contributed by atoms with Crippen LogP contribution >= 0.6 is 0 Å². The first-order valence-corrected chi connectivity index (χ1v) is 8.47. The smallest absolute Gasteiger partial charge is 0.141 e. The van der Waals surface area contributed by atoms with Gasteiger partial charge in [0.05, 0.1) is 5.56 Å². The van der Waals surface area contributed by atoms with E-state index in [0.29, 0.717) is 17.4 Å². The fourth-order valence-corrected chi connectivity index (χ4v) is 3.87. The molecule has 0 fully saturated rings. The number of hydrogen-bond donors (Lipinski definition) is 0. The first kappa shape index (κ1) is 15.8. The van der Waals surface area contributed by atoms with E-state index >= 15 is 4.39 Å². The number of rotatable bonds is 1. The summed E-state index contributed by atoms with van der Waals surface area (Å²) in [4.78, 5) is 0. The Morgan fingerprint density at radius 3 is 2.68 bits per heavy atom. The third kappa shape index (κ3) is 2.68. The average molecular weight is 333 g/mol. The third-order valence-electron chi connectivity index (χ3n) is 5.22. The van der Waals surface area contributed by atoms with Crippen LogP contribution in [0.2, 0.25) is 0 Å². The number of benzene rings is 3. The zero-order valence-corrected chi connectivity index (χ0v) is 13.9. The molecule has 1 aliphatic rings. The van der Waals surface area contributed by atoms with Crippen LogP contribution in [-0.4, -0.2) is 0 Å². The van der Waals surface area contributed by atoms with Crippen LogP contribution < -0.4 is 0 Å². The second-order valence-electron chi connectivity index (χ2n) is 6.85. The van der Waals surface area contributed by atoms with Crippen LogP contribution in [0.25, 0.3) is 10.8 Å². The lowest BCUT2D eigenvalue weighted by atomic mass is 9.79. The van der Waals surface area contributed by atoms with E-state index in [4.69, 9.17) is 5.26 Å². The highest BCUT2D eigenvalue weighted by molar-refractivity contribution is 5.84. The minimum absolute atomic E-state index is 0.0329. The van der Waals surface area contributed by atoms with Gasteiger partial charge in [-0.3, -0.25) is 0 Å². The van der Waals surface area contributed by atoms with Crippen LogP contribution in [0.15, 0.2) is 42.5 Å². The van der Waals surface area contributed by atoms with Crippen LogP contribution in [0, 0.1) is 29.9 Å². The van der Waals surface area contributed by atoms with Gasteiger partial charge in [0.1, 0.15) is 17.7 Å². The molecule has 1 aliphatic carbocycles. The molecule has 3 heteroatoms. The van der Waals surface area contributed by atoms with Crippen LogP contribution in [0.5, 0.6) is 0 Å². The summed E-state index contributed by atoms with van der Waals surface area (Å²) in [5.74, 6) is -0.623. The summed E-state index contributed by atoms with van der Waals surface area (Å²) in [6.45, 7) is 1.99. The lowest BCUT2D eigenvalue weighted by Gasteiger charge is -2.26. The second kappa shape index (κ2) is 5.97. The molecule has 25 heavy (non-hydrogen) atoms. The standard InChI is InChI=1S/C22H17F2N/c1-13-2-6-19-15(8-13)5-7-20(22(19)24)16-4-3-14-9-18(12-25)21(23)11-17(14)10-16/h2,5-9,11,16H,3-4,10H2,1H3. The Hall–Kier alpha value is -2.73. The minimum Gasteiger partial charge on any atom is -0.206 e. The van der Waals surface area contributed by atoms with Gasteiger partial charge in [-0.25, -0.2) is 8.78 Å². The summed E-state index contributed by atoms with van der Waals surface area (Å²) in [6, 6.07) is 14.5. The molecule has 3 aromatic carbocycles. The molecule has 3 aromatic rings. The molecule has 1 atom stereocenters. The van der Waals surface area contributed by atoms with Crippen LogP contribution in [0.3, 0.4) is 0 Å². The summed E-state index contributed by atoms with van der Waals surface area (Å²) >= 11 is 0. The first-order chi connectivity index (χ1) is 12.1. The molecule has 0 aliphatic heterocycles. The molecule has 0 aromatic heterocycles.